The molecule has 0 N–H and O–H groups in total. The minimum Gasteiger partial charge on any atom is -0.344 e. The summed E-state index contributed by atoms with van der Waals surface area (Å²) in [5.74, 6) is -0.0306. The summed E-state index contributed by atoms with van der Waals surface area (Å²) in [6, 6.07) is 16.5. The lowest BCUT2D eigenvalue weighted by Crippen LogP contribution is -2.17. The second-order valence-corrected chi connectivity index (χ2v) is 9.68. The number of aryl methyl sites for hydroxylation is 6. The Hall–Kier alpha value is -3.85. The van der Waals surface area contributed by atoms with Crippen molar-refractivity contribution in [2.45, 2.75) is 41.5 Å². The van der Waals surface area contributed by atoms with E-state index in [1.165, 1.54) is 39.1 Å². The van der Waals surface area contributed by atoms with Gasteiger partial charge in [0.05, 0.1) is 0 Å². The monoisotopic (exact) mass is 478 g/mol. The van der Waals surface area contributed by atoms with Gasteiger partial charge in [-0.1, -0.05) is 48.0 Å². The fourth-order valence-electron chi connectivity index (χ4n) is 5.16. The van der Waals surface area contributed by atoms with Crippen molar-refractivity contribution in [3.63, 3.8) is 0 Å². The molecule has 0 radical (unpaired) electrons. The summed E-state index contributed by atoms with van der Waals surface area (Å²) in [6.45, 7) is 16.7. The van der Waals surface area contributed by atoms with Gasteiger partial charge in [0, 0.05) is 42.4 Å². The van der Waals surface area contributed by atoms with Gasteiger partial charge in [0.15, 0.2) is 5.78 Å². The quantitative estimate of drug-likeness (QED) is 0.185. The SMILES string of the molecule is C=C/C(=C\C=C\C(=O)c1ccc(N(C)c2c(C)cc(C)cc2C)cc1)N(C)c1c(C)cc(C)cc1C. The Morgan fingerprint density at radius 2 is 1.22 bits per heavy atom. The van der Waals surface area contributed by atoms with E-state index < -0.39 is 0 Å². The van der Waals surface area contributed by atoms with Gasteiger partial charge in [0.1, 0.15) is 0 Å². The van der Waals surface area contributed by atoms with E-state index in [1.807, 2.05) is 43.5 Å². The van der Waals surface area contributed by atoms with Gasteiger partial charge < -0.3 is 9.80 Å². The van der Waals surface area contributed by atoms with E-state index in [0.29, 0.717) is 5.56 Å². The van der Waals surface area contributed by atoms with Gasteiger partial charge in [0.2, 0.25) is 0 Å². The highest BCUT2D eigenvalue weighted by Crippen LogP contribution is 2.31. The van der Waals surface area contributed by atoms with Gasteiger partial charge in [-0.2, -0.15) is 0 Å². The Labute approximate surface area is 217 Å². The minimum absolute atomic E-state index is 0.0306. The molecule has 3 rings (SSSR count). The number of carbonyl (C=O) groups is 1. The number of anilines is 3. The molecule has 0 aliphatic heterocycles. The van der Waals surface area contributed by atoms with E-state index >= 15 is 0 Å². The Balaban J connectivity index is 1.77. The molecule has 0 aliphatic carbocycles. The van der Waals surface area contributed by atoms with Crippen molar-refractivity contribution in [2.24, 2.45) is 0 Å². The topological polar surface area (TPSA) is 23.6 Å². The maximum atomic E-state index is 12.8. The van der Waals surface area contributed by atoms with Crippen molar-refractivity contribution in [3.8, 4) is 0 Å². The zero-order valence-corrected chi connectivity index (χ0v) is 22.9. The first kappa shape index (κ1) is 26.7. The van der Waals surface area contributed by atoms with E-state index in [0.717, 1.165) is 17.1 Å². The van der Waals surface area contributed by atoms with E-state index in [9.17, 15) is 4.79 Å². The van der Waals surface area contributed by atoms with Gasteiger partial charge in [-0.05, 0) is 106 Å². The third kappa shape index (κ3) is 5.85. The van der Waals surface area contributed by atoms with Crippen LogP contribution in [-0.2, 0) is 0 Å². The Morgan fingerprint density at radius 1 is 0.750 bits per heavy atom. The third-order valence-electron chi connectivity index (χ3n) is 6.59. The maximum Gasteiger partial charge on any atom is 0.185 e. The summed E-state index contributed by atoms with van der Waals surface area (Å²) < 4.78 is 0. The molecule has 0 fully saturated rings. The van der Waals surface area contributed by atoms with Crippen molar-refractivity contribution < 1.29 is 4.79 Å². The number of carbonyl (C=O) groups excluding carboxylic acids is 1. The van der Waals surface area contributed by atoms with Crippen LogP contribution in [0, 0.1) is 41.5 Å². The molecule has 3 aromatic rings. The minimum atomic E-state index is -0.0306. The molecule has 0 aliphatic rings. The molecule has 0 unspecified atom stereocenters. The number of allylic oxidation sites excluding steroid dienone is 4. The lowest BCUT2D eigenvalue weighted by atomic mass is 10.0. The van der Waals surface area contributed by atoms with Crippen LogP contribution >= 0.6 is 0 Å². The highest BCUT2D eigenvalue weighted by atomic mass is 16.1. The number of nitrogens with zero attached hydrogens (tertiary/aromatic N) is 2. The summed E-state index contributed by atoms with van der Waals surface area (Å²) >= 11 is 0. The maximum absolute atomic E-state index is 12.8. The molecule has 0 saturated heterocycles. The molecule has 186 valence electrons. The predicted molar refractivity (Wildman–Crippen MR) is 156 cm³/mol. The normalized spacial score (nSPS) is 11.6. The molecule has 0 aromatic heterocycles. The van der Waals surface area contributed by atoms with E-state index in [2.05, 4.69) is 89.2 Å². The molecule has 0 atom stereocenters. The van der Waals surface area contributed by atoms with Crippen LogP contribution in [0.2, 0.25) is 0 Å². The summed E-state index contributed by atoms with van der Waals surface area (Å²) in [5.41, 5.74) is 12.4. The highest BCUT2D eigenvalue weighted by Gasteiger charge is 2.13. The molecule has 0 bridgehead atoms. The molecular weight excluding hydrogens is 440 g/mol. The number of likely N-dealkylation sites (N-methyl/N-ethyl adjacent to an activating group) is 1. The third-order valence-corrected chi connectivity index (χ3v) is 6.59. The standard InChI is InChI=1S/C33H38N2O/c1-10-29(34(8)32-24(4)18-22(2)19-25(32)5)12-11-13-31(36)28-14-16-30(17-15-28)35(9)33-26(6)20-23(3)21-27(33)7/h10-21H,1H2,2-9H3/b13-11+,29-12+. The van der Waals surface area contributed by atoms with Crippen LogP contribution in [0.5, 0.6) is 0 Å². The molecule has 0 saturated carbocycles. The lowest BCUT2D eigenvalue weighted by molar-refractivity contribution is 0.104. The smallest absolute Gasteiger partial charge is 0.185 e. The van der Waals surface area contributed by atoms with Crippen LogP contribution in [0.3, 0.4) is 0 Å². The van der Waals surface area contributed by atoms with Crippen molar-refractivity contribution in [1.82, 2.24) is 0 Å². The molecule has 3 nitrogen and oxygen atoms in total. The molecular formula is C33H38N2O. The van der Waals surface area contributed by atoms with Crippen molar-refractivity contribution in [3.05, 3.63) is 124 Å². The molecule has 0 spiro atoms. The first-order chi connectivity index (χ1) is 17.0. The molecule has 0 heterocycles. The first-order valence-corrected chi connectivity index (χ1v) is 12.3. The second-order valence-electron chi connectivity index (χ2n) is 9.68. The Bertz CT molecular complexity index is 1300. The molecule has 3 heteroatoms. The number of rotatable bonds is 8. The van der Waals surface area contributed by atoms with Crippen LogP contribution in [0.15, 0.2) is 85.1 Å². The van der Waals surface area contributed by atoms with Crippen molar-refractivity contribution >= 4 is 22.8 Å². The Morgan fingerprint density at radius 3 is 1.69 bits per heavy atom. The Kier molecular flexibility index (Phi) is 8.37. The zero-order chi connectivity index (χ0) is 26.6. The number of benzene rings is 3. The fraction of sp³-hybridized carbons (Fsp3) is 0.242. The zero-order valence-electron chi connectivity index (χ0n) is 22.9. The summed E-state index contributed by atoms with van der Waals surface area (Å²) in [5, 5.41) is 0. The second kappa shape index (κ2) is 11.3. The van der Waals surface area contributed by atoms with Crippen molar-refractivity contribution in [1.29, 1.82) is 0 Å². The number of hydrogen-bond donors (Lipinski definition) is 0. The summed E-state index contributed by atoms with van der Waals surface area (Å²) in [4.78, 5) is 17.1. The molecule has 36 heavy (non-hydrogen) atoms. The molecule has 3 aromatic carbocycles. The van der Waals surface area contributed by atoms with Gasteiger partial charge in [0.25, 0.3) is 0 Å². The van der Waals surface area contributed by atoms with Crippen LogP contribution in [0.1, 0.15) is 43.7 Å². The summed E-state index contributed by atoms with van der Waals surface area (Å²) in [7, 11) is 4.09. The number of ketones is 1. The lowest BCUT2D eigenvalue weighted by Gasteiger charge is -2.25. The van der Waals surface area contributed by atoms with Crippen molar-refractivity contribution in [2.75, 3.05) is 23.9 Å². The molecule has 0 amide bonds. The van der Waals surface area contributed by atoms with Gasteiger partial charge in [-0.3, -0.25) is 4.79 Å². The van der Waals surface area contributed by atoms with E-state index in [1.54, 1.807) is 12.2 Å². The largest absolute Gasteiger partial charge is 0.344 e. The van der Waals surface area contributed by atoms with Crippen LogP contribution in [0.4, 0.5) is 17.1 Å². The van der Waals surface area contributed by atoms with Gasteiger partial charge >= 0.3 is 0 Å². The number of hydrogen-bond acceptors (Lipinski definition) is 3. The highest BCUT2D eigenvalue weighted by molar-refractivity contribution is 6.04. The first-order valence-electron chi connectivity index (χ1n) is 12.3. The summed E-state index contributed by atoms with van der Waals surface area (Å²) in [6.07, 6.45) is 7.15. The average molecular weight is 479 g/mol. The predicted octanol–water partition coefficient (Wildman–Crippen LogP) is 8.25. The van der Waals surface area contributed by atoms with Crippen LogP contribution < -0.4 is 9.80 Å². The van der Waals surface area contributed by atoms with Gasteiger partial charge in [-0.15, -0.1) is 0 Å². The van der Waals surface area contributed by atoms with Crippen LogP contribution in [-0.4, -0.2) is 19.9 Å². The average Bonchev–Trinajstić information content (AvgIpc) is 2.80. The fourth-order valence-corrected chi connectivity index (χ4v) is 5.16. The van der Waals surface area contributed by atoms with Crippen LogP contribution in [0.25, 0.3) is 0 Å². The van der Waals surface area contributed by atoms with E-state index in [-0.39, 0.29) is 5.78 Å². The van der Waals surface area contributed by atoms with Gasteiger partial charge in [-0.25, -0.2) is 0 Å². The van der Waals surface area contributed by atoms with E-state index in [4.69, 9.17) is 0 Å².